The van der Waals surface area contributed by atoms with Crippen LogP contribution in [0.4, 0.5) is 11.4 Å². The van der Waals surface area contributed by atoms with Crippen molar-refractivity contribution in [3.8, 4) is 5.75 Å². The molecule has 30 heavy (non-hydrogen) atoms. The molecule has 2 N–H and O–H groups in total. The van der Waals surface area contributed by atoms with Crippen molar-refractivity contribution in [2.45, 2.75) is 26.8 Å². The first-order valence-corrected chi connectivity index (χ1v) is 9.57. The van der Waals surface area contributed by atoms with E-state index in [1.165, 1.54) is 11.8 Å². The van der Waals surface area contributed by atoms with Gasteiger partial charge in [0.1, 0.15) is 5.75 Å². The van der Waals surface area contributed by atoms with Crippen LogP contribution in [0.3, 0.4) is 0 Å². The van der Waals surface area contributed by atoms with Gasteiger partial charge in [-0.3, -0.25) is 19.3 Å². The van der Waals surface area contributed by atoms with Gasteiger partial charge in [0.25, 0.3) is 5.91 Å². The van der Waals surface area contributed by atoms with Crippen LogP contribution in [0.2, 0.25) is 0 Å². The van der Waals surface area contributed by atoms with Crippen molar-refractivity contribution < 1.29 is 24.2 Å². The van der Waals surface area contributed by atoms with E-state index in [1.54, 1.807) is 69.5 Å². The molecule has 1 aliphatic rings. The Balaban J connectivity index is 2.09. The number of hydrogen-bond donors (Lipinski definition) is 2. The summed E-state index contributed by atoms with van der Waals surface area (Å²) in [5.74, 6) is -1.44. The molecule has 0 aliphatic carbocycles. The van der Waals surface area contributed by atoms with Crippen molar-refractivity contribution in [2.24, 2.45) is 5.92 Å². The first-order chi connectivity index (χ1) is 14.2. The molecule has 2 aromatic rings. The van der Waals surface area contributed by atoms with Crippen LogP contribution in [-0.2, 0) is 14.4 Å². The number of aliphatic hydroxyl groups is 1. The van der Waals surface area contributed by atoms with Gasteiger partial charge in [0, 0.05) is 24.2 Å². The molecule has 0 fully saturated rings. The highest BCUT2D eigenvalue weighted by Gasteiger charge is 2.44. The molecule has 0 saturated carbocycles. The maximum absolute atomic E-state index is 13.0. The van der Waals surface area contributed by atoms with E-state index >= 15 is 0 Å². The third-order valence-corrected chi connectivity index (χ3v) is 4.90. The fourth-order valence-electron chi connectivity index (χ4n) is 3.44. The summed E-state index contributed by atoms with van der Waals surface area (Å²) in [6.07, 6.45) is 0. The summed E-state index contributed by atoms with van der Waals surface area (Å²) < 4.78 is 5.20. The predicted molar refractivity (Wildman–Crippen MR) is 113 cm³/mol. The van der Waals surface area contributed by atoms with Crippen molar-refractivity contribution in [3.05, 3.63) is 65.4 Å². The zero-order chi connectivity index (χ0) is 22.0. The molecule has 2 aromatic carbocycles. The topological polar surface area (TPSA) is 95.9 Å². The summed E-state index contributed by atoms with van der Waals surface area (Å²) in [5.41, 5.74) is 1.82. The minimum atomic E-state index is -0.773. The van der Waals surface area contributed by atoms with E-state index in [1.807, 2.05) is 0 Å². The molecule has 0 aromatic heterocycles. The number of ether oxygens (including phenoxy) is 1. The molecule has 0 bridgehead atoms. The molecule has 3 rings (SSSR count). The molecule has 0 saturated heterocycles. The third kappa shape index (κ3) is 3.91. The van der Waals surface area contributed by atoms with Crippen molar-refractivity contribution in [1.29, 1.82) is 0 Å². The molecule has 0 spiro atoms. The van der Waals surface area contributed by atoms with Gasteiger partial charge in [-0.1, -0.05) is 26.0 Å². The molecule has 1 aliphatic heterocycles. The van der Waals surface area contributed by atoms with E-state index in [9.17, 15) is 19.5 Å². The van der Waals surface area contributed by atoms with Crippen LogP contribution in [0, 0.1) is 5.92 Å². The number of benzene rings is 2. The molecular formula is C23H24N2O5. The first-order valence-electron chi connectivity index (χ1n) is 9.57. The van der Waals surface area contributed by atoms with E-state index in [4.69, 9.17) is 4.74 Å². The van der Waals surface area contributed by atoms with Crippen molar-refractivity contribution in [1.82, 2.24) is 0 Å². The number of amides is 2. The van der Waals surface area contributed by atoms with Crippen LogP contribution in [-0.4, -0.2) is 29.8 Å². The Morgan fingerprint density at radius 2 is 1.67 bits per heavy atom. The van der Waals surface area contributed by atoms with Gasteiger partial charge < -0.3 is 15.2 Å². The average Bonchev–Trinajstić information content (AvgIpc) is 2.98. The van der Waals surface area contributed by atoms with Crippen LogP contribution < -0.4 is 15.0 Å². The lowest BCUT2D eigenvalue weighted by atomic mass is 9.91. The minimum Gasteiger partial charge on any atom is -0.503 e. The lowest BCUT2D eigenvalue weighted by molar-refractivity contribution is -0.119. The number of nitrogens with zero attached hydrogens (tertiary/aromatic N) is 1. The highest BCUT2D eigenvalue weighted by Crippen LogP contribution is 2.42. The van der Waals surface area contributed by atoms with Gasteiger partial charge in [0.05, 0.1) is 18.7 Å². The van der Waals surface area contributed by atoms with E-state index in [0.717, 1.165) is 0 Å². The number of aliphatic hydroxyl groups excluding tert-OH is 1. The zero-order valence-corrected chi connectivity index (χ0v) is 17.3. The normalized spacial score (nSPS) is 16.2. The quantitative estimate of drug-likeness (QED) is 0.758. The maximum atomic E-state index is 13.0. The standard InChI is InChI=1S/C23H24N2O5/c1-13(2)21(27)19-20(15-5-11-18(30-4)12-6-15)25(23(29)22(19)28)17-9-7-16(8-10-17)24-14(3)26/h5-13,20,28H,1-4H3,(H,24,26). The van der Waals surface area contributed by atoms with Gasteiger partial charge in [-0.2, -0.15) is 0 Å². The molecule has 7 heteroatoms. The third-order valence-electron chi connectivity index (χ3n) is 4.90. The molecular weight excluding hydrogens is 384 g/mol. The summed E-state index contributed by atoms with van der Waals surface area (Å²) in [5, 5.41) is 13.3. The van der Waals surface area contributed by atoms with Gasteiger partial charge in [0.2, 0.25) is 5.91 Å². The second kappa shape index (κ2) is 8.41. The Bertz CT molecular complexity index is 1010. The van der Waals surface area contributed by atoms with Crippen LogP contribution in [0.5, 0.6) is 5.75 Å². The summed E-state index contributed by atoms with van der Waals surface area (Å²) in [6, 6.07) is 12.9. The van der Waals surface area contributed by atoms with E-state index in [2.05, 4.69) is 5.32 Å². The number of carbonyl (C=O) groups is 3. The number of ketones is 1. The zero-order valence-electron chi connectivity index (χ0n) is 17.3. The lowest BCUT2D eigenvalue weighted by Crippen LogP contribution is -2.31. The summed E-state index contributed by atoms with van der Waals surface area (Å²) in [7, 11) is 1.55. The smallest absolute Gasteiger partial charge is 0.294 e. The van der Waals surface area contributed by atoms with Crippen molar-refractivity contribution in [2.75, 3.05) is 17.3 Å². The Kier molecular flexibility index (Phi) is 5.91. The maximum Gasteiger partial charge on any atom is 0.294 e. The summed E-state index contributed by atoms with van der Waals surface area (Å²) >= 11 is 0. The van der Waals surface area contributed by atoms with E-state index in [-0.39, 0.29) is 17.3 Å². The molecule has 1 heterocycles. The summed E-state index contributed by atoms with van der Waals surface area (Å²) in [6.45, 7) is 4.86. The Morgan fingerprint density at radius 3 is 2.17 bits per heavy atom. The largest absolute Gasteiger partial charge is 0.503 e. The van der Waals surface area contributed by atoms with Crippen molar-refractivity contribution in [3.63, 3.8) is 0 Å². The fourth-order valence-corrected chi connectivity index (χ4v) is 3.44. The number of carbonyl (C=O) groups excluding carboxylic acids is 3. The van der Waals surface area contributed by atoms with Crippen molar-refractivity contribution >= 4 is 29.0 Å². The van der Waals surface area contributed by atoms with E-state index < -0.39 is 23.6 Å². The Hall–Kier alpha value is -3.61. The van der Waals surface area contributed by atoms with Gasteiger partial charge in [-0.05, 0) is 42.0 Å². The Morgan fingerprint density at radius 1 is 1.07 bits per heavy atom. The number of methoxy groups -OCH3 is 1. The predicted octanol–water partition coefficient (Wildman–Crippen LogP) is 3.78. The first kappa shape index (κ1) is 21.1. The van der Waals surface area contributed by atoms with Gasteiger partial charge in [0.15, 0.2) is 11.5 Å². The molecule has 2 amide bonds. The minimum absolute atomic E-state index is 0.0751. The number of Topliss-reactive ketones (excluding diaryl/α,β-unsaturated/α-hetero) is 1. The lowest BCUT2D eigenvalue weighted by Gasteiger charge is -2.27. The number of rotatable bonds is 6. The highest BCUT2D eigenvalue weighted by atomic mass is 16.5. The molecule has 1 unspecified atom stereocenters. The molecule has 7 nitrogen and oxygen atoms in total. The molecule has 156 valence electrons. The van der Waals surface area contributed by atoms with Crippen LogP contribution >= 0.6 is 0 Å². The van der Waals surface area contributed by atoms with Crippen LogP contribution in [0.15, 0.2) is 59.9 Å². The second-order valence-electron chi connectivity index (χ2n) is 7.36. The molecule has 0 radical (unpaired) electrons. The van der Waals surface area contributed by atoms with Gasteiger partial charge in [-0.15, -0.1) is 0 Å². The Labute approximate surface area is 175 Å². The second-order valence-corrected chi connectivity index (χ2v) is 7.36. The monoisotopic (exact) mass is 408 g/mol. The van der Waals surface area contributed by atoms with E-state index in [0.29, 0.717) is 22.7 Å². The molecule has 1 atom stereocenters. The highest BCUT2D eigenvalue weighted by molar-refractivity contribution is 6.16. The van der Waals surface area contributed by atoms with Crippen LogP contribution in [0.25, 0.3) is 0 Å². The SMILES string of the molecule is COc1ccc(C2C(C(=O)C(C)C)=C(O)C(=O)N2c2ccc(NC(C)=O)cc2)cc1. The van der Waals surface area contributed by atoms with Gasteiger partial charge >= 0.3 is 0 Å². The average molecular weight is 408 g/mol. The van der Waals surface area contributed by atoms with Gasteiger partial charge in [-0.25, -0.2) is 0 Å². The summed E-state index contributed by atoms with van der Waals surface area (Å²) in [4.78, 5) is 38.5. The fraction of sp³-hybridized carbons (Fsp3) is 0.261. The van der Waals surface area contributed by atoms with Crippen LogP contribution in [0.1, 0.15) is 32.4 Å². The number of anilines is 2. The number of nitrogens with one attached hydrogen (secondary N) is 1. The number of hydrogen-bond acceptors (Lipinski definition) is 5.